The van der Waals surface area contributed by atoms with Crippen molar-refractivity contribution >= 4 is 42.2 Å². The molecule has 0 fully saturated rings. The number of imidazole rings is 1. The van der Waals surface area contributed by atoms with Crippen molar-refractivity contribution in [2.45, 2.75) is 13.5 Å². The van der Waals surface area contributed by atoms with Gasteiger partial charge in [0.15, 0.2) is 0 Å². The standard InChI is InChI=1S/C6H11N2.Al.2ClH/c1-3-8-5-4-7(2)6-8;;;/h4-6H,3H2,1-2H3;;2*1H/q+1;;;. The fraction of sp³-hybridized carbons (Fsp3) is 0.500. The summed E-state index contributed by atoms with van der Waals surface area (Å²) in [6, 6.07) is 0. The van der Waals surface area contributed by atoms with E-state index in [1.165, 1.54) is 0 Å². The molecule has 0 unspecified atom stereocenters. The number of aromatic nitrogens is 2. The van der Waals surface area contributed by atoms with Crippen molar-refractivity contribution in [2.24, 2.45) is 7.05 Å². The first-order chi connectivity index (χ1) is 3.83. The second-order valence-corrected chi connectivity index (χ2v) is 1.91. The zero-order valence-corrected chi connectivity index (χ0v) is 9.52. The Labute approximate surface area is 90.6 Å². The van der Waals surface area contributed by atoms with Crippen molar-refractivity contribution in [3.63, 3.8) is 0 Å². The minimum Gasteiger partial charge on any atom is -0.240 e. The third kappa shape index (κ3) is 5.58. The van der Waals surface area contributed by atoms with Crippen LogP contribution in [-0.2, 0) is 13.6 Å². The Morgan fingerprint density at radius 1 is 1.36 bits per heavy atom. The van der Waals surface area contributed by atoms with Gasteiger partial charge in [0, 0.05) is 17.4 Å². The van der Waals surface area contributed by atoms with Crippen LogP contribution in [0.3, 0.4) is 0 Å². The second kappa shape index (κ2) is 8.42. The molecule has 0 aliphatic rings. The van der Waals surface area contributed by atoms with Gasteiger partial charge in [-0.3, -0.25) is 0 Å². The molecule has 0 spiro atoms. The molecule has 1 aromatic rings. The van der Waals surface area contributed by atoms with E-state index in [2.05, 4.69) is 24.0 Å². The van der Waals surface area contributed by atoms with E-state index in [1.807, 2.05) is 17.8 Å². The molecule has 1 aromatic heterocycles. The van der Waals surface area contributed by atoms with Crippen LogP contribution in [0.5, 0.6) is 0 Å². The maximum absolute atomic E-state index is 2.12. The summed E-state index contributed by atoms with van der Waals surface area (Å²) in [6.07, 6.45) is 6.14. The highest BCUT2D eigenvalue weighted by Gasteiger charge is 1.92. The first-order valence-corrected chi connectivity index (χ1v) is 2.84. The summed E-state index contributed by atoms with van der Waals surface area (Å²) < 4.78 is 4.16. The molecule has 11 heavy (non-hydrogen) atoms. The van der Waals surface area contributed by atoms with Gasteiger partial charge in [0.25, 0.3) is 0 Å². The van der Waals surface area contributed by atoms with Gasteiger partial charge in [-0.2, -0.15) is 0 Å². The third-order valence-electron chi connectivity index (χ3n) is 1.19. The number of hydrogen-bond acceptors (Lipinski definition) is 0. The lowest BCUT2D eigenvalue weighted by atomic mass is 10.7. The summed E-state index contributed by atoms with van der Waals surface area (Å²) in [4.78, 5) is 0. The lowest BCUT2D eigenvalue weighted by molar-refractivity contribution is -0.671. The molecule has 0 bridgehead atoms. The Bertz CT molecular complexity index is 179. The monoisotopic (exact) mass is 210 g/mol. The van der Waals surface area contributed by atoms with E-state index in [0.29, 0.717) is 0 Å². The van der Waals surface area contributed by atoms with Crippen molar-refractivity contribution in [1.82, 2.24) is 4.57 Å². The van der Waals surface area contributed by atoms with Gasteiger partial charge in [-0.1, -0.05) is 0 Å². The maximum Gasteiger partial charge on any atom is 0.243 e. The number of halogens is 2. The van der Waals surface area contributed by atoms with Crippen molar-refractivity contribution in [1.29, 1.82) is 0 Å². The van der Waals surface area contributed by atoms with E-state index in [4.69, 9.17) is 0 Å². The predicted octanol–water partition coefficient (Wildman–Crippen LogP) is 0.795. The Morgan fingerprint density at radius 2 is 1.91 bits per heavy atom. The first-order valence-electron chi connectivity index (χ1n) is 2.84. The molecule has 0 aliphatic heterocycles. The Kier molecular flexibility index (Phi) is 13.3. The normalized spacial score (nSPS) is 7.09. The molecule has 1 rings (SSSR count). The van der Waals surface area contributed by atoms with E-state index < -0.39 is 0 Å². The highest BCUT2D eigenvalue weighted by atomic mass is 35.5. The maximum atomic E-state index is 2.12. The lowest BCUT2D eigenvalue weighted by Crippen LogP contribution is -2.23. The van der Waals surface area contributed by atoms with Gasteiger partial charge >= 0.3 is 0 Å². The summed E-state index contributed by atoms with van der Waals surface area (Å²) in [7, 11) is 2.02. The number of aryl methyl sites for hydroxylation is 2. The fourth-order valence-electron chi connectivity index (χ4n) is 0.689. The minimum absolute atomic E-state index is 0. The summed E-state index contributed by atoms with van der Waals surface area (Å²) in [5.41, 5.74) is 0. The van der Waals surface area contributed by atoms with Gasteiger partial charge in [-0.15, -0.1) is 24.8 Å². The van der Waals surface area contributed by atoms with Gasteiger partial charge < -0.3 is 0 Å². The van der Waals surface area contributed by atoms with Crippen LogP contribution in [0.2, 0.25) is 0 Å². The quantitative estimate of drug-likeness (QED) is 0.479. The molecule has 0 saturated heterocycles. The highest BCUT2D eigenvalue weighted by molar-refractivity contribution is 5.85. The summed E-state index contributed by atoms with van der Waals surface area (Å²) >= 11 is 0. The molecule has 63 valence electrons. The van der Waals surface area contributed by atoms with Crippen LogP contribution in [0.4, 0.5) is 0 Å². The van der Waals surface area contributed by atoms with E-state index in [0.717, 1.165) is 6.54 Å². The van der Waals surface area contributed by atoms with Gasteiger partial charge in [0.1, 0.15) is 12.4 Å². The lowest BCUT2D eigenvalue weighted by Gasteiger charge is -1.81. The van der Waals surface area contributed by atoms with Crippen LogP contribution in [0, 0.1) is 0 Å². The molecule has 0 aromatic carbocycles. The topological polar surface area (TPSA) is 8.81 Å². The fourth-order valence-corrected chi connectivity index (χ4v) is 0.689. The van der Waals surface area contributed by atoms with E-state index in [-0.39, 0.29) is 42.2 Å². The second-order valence-electron chi connectivity index (χ2n) is 1.91. The third-order valence-corrected chi connectivity index (χ3v) is 1.19. The molecule has 5 heteroatoms. The zero-order valence-electron chi connectivity index (χ0n) is 6.73. The minimum atomic E-state index is 0. The Morgan fingerprint density at radius 3 is 2.09 bits per heavy atom. The van der Waals surface area contributed by atoms with Crippen molar-refractivity contribution in [2.75, 3.05) is 0 Å². The van der Waals surface area contributed by atoms with E-state index in [1.54, 1.807) is 0 Å². The molecule has 0 N–H and O–H groups in total. The van der Waals surface area contributed by atoms with Gasteiger partial charge in [0.05, 0.1) is 13.6 Å². The van der Waals surface area contributed by atoms with Crippen LogP contribution in [-0.4, -0.2) is 21.9 Å². The molecule has 0 aliphatic carbocycles. The van der Waals surface area contributed by atoms with E-state index in [9.17, 15) is 0 Å². The van der Waals surface area contributed by atoms with Crippen molar-refractivity contribution in [3.8, 4) is 0 Å². The molecular weight excluding hydrogens is 198 g/mol. The number of nitrogens with zero attached hydrogens (tertiary/aromatic N) is 2. The van der Waals surface area contributed by atoms with Crippen LogP contribution in [0.1, 0.15) is 6.92 Å². The highest BCUT2D eigenvalue weighted by Crippen LogP contribution is 1.79. The Hall–Kier alpha value is 0.322. The molecule has 0 atom stereocenters. The van der Waals surface area contributed by atoms with E-state index >= 15 is 0 Å². The van der Waals surface area contributed by atoms with Crippen LogP contribution < -0.4 is 4.57 Å². The first kappa shape index (κ1) is 17.4. The average Bonchev–Trinajstić information content (AvgIpc) is 2.14. The Balaban J connectivity index is -0.000000213. The molecular formula is C6H13AlCl2N2+. The van der Waals surface area contributed by atoms with Crippen LogP contribution in [0.25, 0.3) is 0 Å². The average molecular weight is 211 g/mol. The van der Waals surface area contributed by atoms with Crippen LogP contribution in [0.15, 0.2) is 18.7 Å². The zero-order chi connectivity index (χ0) is 5.98. The largest absolute Gasteiger partial charge is 0.243 e. The molecule has 0 saturated carbocycles. The van der Waals surface area contributed by atoms with Crippen LogP contribution >= 0.6 is 24.8 Å². The molecule has 2 nitrogen and oxygen atoms in total. The van der Waals surface area contributed by atoms with Gasteiger partial charge in [-0.25, -0.2) is 9.13 Å². The molecule has 1 heterocycles. The van der Waals surface area contributed by atoms with Gasteiger partial charge in [-0.05, 0) is 6.92 Å². The summed E-state index contributed by atoms with van der Waals surface area (Å²) in [6.45, 7) is 3.18. The number of hydrogen-bond donors (Lipinski definition) is 0. The van der Waals surface area contributed by atoms with Crippen molar-refractivity contribution in [3.05, 3.63) is 18.7 Å². The molecule has 3 radical (unpaired) electrons. The summed E-state index contributed by atoms with van der Waals surface area (Å²) in [5.74, 6) is 0. The van der Waals surface area contributed by atoms with Gasteiger partial charge in [0.2, 0.25) is 6.33 Å². The summed E-state index contributed by atoms with van der Waals surface area (Å²) in [5, 5.41) is 0. The smallest absolute Gasteiger partial charge is 0.240 e. The van der Waals surface area contributed by atoms with Crippen molar-refractivity contribution < 1.29 is 4.57 Å². The predicted molar refractivity (Wildman–Crippen MR) is 51.5 cm³/mol. The number of rotatable bonds is 1. The SMILES string of the molecule is CCn1cc[n+](C)c1.Cl.Cl.[Al]. The molecule has 0 amide bonds.